The molecule has 1 aliphatic rings. The van der Waals surface area contributed by atoms with Gasteiger partial charge in [0.15, 0.2) is 0 Å². The van der Waals surface area contributed by atoms with E-state index in [9.17, 15) is 9.59 Å². The molecule has 1 aromatic rings. The van der Waals surface area contributed by atoms with Crippen molar-refractivity contribution in [1.82, 2.24) is 4.90 Å². The molecule has 1 aromatic carbocycles. The van der Waals surface area contributed by atoms with Crippen LogP contribution in [0.2, 0.25) is 0 Å². The van der Waals surface area contributed by atoms with E-state index in [1.54, 1.807) is 11.8 Å². The third-order valence-electron chi connectivity index (χ3n) is 3.70. The number of hydrogen-bond donors (Lipinski definition) is 2. The summed E-state index contributed by atoms with van der Waals surface area (Å²) >= 11 is 0. The third-order valence-corrected chi connectivity index (χ3v) is 3.70. The van der Waals surface area contributed by atoms with Crippen molar-refractivity contribution in [1.29, 1.82) is 0 Å². The maximum Gasteiger partial charge on any atom is 0.305 e. The van der Waals surface area contributed by atoms with Gasteiger partial charge in [-0.3, -0.25) is 9.59 Å². The Kier molecular flexibility index (Phi) is 4.27. The average Bonchev–Trinajstić information content (AvgIpc) is 2.82. The highest BCUT2D eigenvalue weighted by molar-refractivity contribution is 5.88. The molecule has 0 spiro atoms. The Balaban J connectivity index is 2.06. The fourth-order valence-electron chi connectivity index (χ4n) is 2.69. The zero-order chi connectivity index (χ0) is 14.7. The summed E-state index contributed by atoms with van der Waals surface area (Å²) in [7, 11) is 0. The summed E-state index contributed by atoms with van der Waals surface area (Å²) in [6.45, 7) is 4.16. The first-order valence-corrected chi connectivity index (χ1v) is 6.89. The lowest BCUT2D eigenvalue weighted by Crippen LogP contribution is -2.47. The normalized spacial score (nSPS) is 18.0. The summed E-state index contributed by atoms with van der Waals surface area (Å²) in [5, 5.41) is 12.1. The van der Waals surface area contributed by atoms with Crippen LogP contribution in [0.25, 0.3) is 0 Å². The van der Waals surface area contributed by atoms with Gasteiger partial charge in [0.1, 0.15) is 6.04 Å². The zero-order valence-electron chi connectivity index (χ0n) is 11.8. The second kappa shape index (κ2) is 5.94. The molecule has 0 fully saturated rings. The molecule has 5 nitrogen and oxygen atoms in total. The number of carbonyl (C=O) groups excluding carboxylic acids is 1. The van der Waals surface area contributed by atoms with E-state index >= 15 is 0 Å². The van der Waals surface area contributed by atoms with Crippen molar-refractivity contribution < 1.29 is 14.7 Å². The summed E-state index contributed by atoms with van der Waals surface area (Å²) in [4.78, 5) is 25.0. The lowest BCUT2D eigenvalue weighted by molar-refractivity contribution is -0.140. The van der Waals surface area contributed by atoms with Crippen molar-refractivity contribution in [3.8, 4) is 0 Å². The molecule has 0 saturated carbocycles. The topological polar surface area (TPSA) is 69.6 Å². The number of nitrogens with zero attached hydrogens (tertiary/aromatic N) is 1. The number of benzene rings is 1. The third kappa shape index (κ3) is 2.92. The molecule has 0 saturated heterocycles. The predicted octanol–water partition coefficient (Wildman–Crippen LogP) is 1.73. The smallest absolute Gasteiger partial charge is 0.305 e. The van der Waals surface area contributed by atoms with Crippen LogP contribution in [0.4, 0.5) is 5.69 Å². The number of para-hydroxylation sites is 1. The number of carboxylic acids is 1. The van der Waals surface area contributed by atoms with Gasteiger partial charge in [-0.15, -0.1) is 0 Å². The molecule has 1 unspecified atom stereocenters. The van der Waals surface area contributed by atoms with Crippen molar-refractivity contribution in [3.05, 3.63) is 29.8 Å². The molecule has 1 aliphatic heterocycles. The minimum absolute atomic E-state index is 0.0285. The highest BCUT2D eigenvalue weighted by atomic mass is 16.4. The van der Waals surface area contributed by atoms with E-state index in [-0.39, 0.29) is 24.4 Å². The lowest BCUT2D eigenvalue weighted by Gasteiger charge is -2.29. The maximum absolute atomic E-state index is 12.5. The number of carbonyl (C=O) groups is 2. The number of aliphatic carboxylic acids is 1. The molecule has 1 heterocycles. The number of nitrogens with one attached hydrogen (secondary N) is 1. The highest BCUT2D eigenvalue weighted by Gasteiger charge is 2.31. The number of hydrogen-bond acceptors (Lipinski definition) is 3. The summed E-state index contributed by atoms with van der Waals surface area (Å²) in [5.41, 5.74) is 2.13. The Labute approximate surface area is 118 Å². The Bertz CT molecular complexity index is 491. The van der Waals surface area contributed by atoms with Crippen LogP contribution < -0.4 is 5.32 Å². The van der Waals surface area contributed by atoms with Crippen LogP contribution in [0.5, 0.6) is 0 Å². The van der Waals surface area contributed by atoms with Crippen LogP contribution >= 0.6 is 0 Å². The molecule has 20 heavy (non-hydrogen) atoms. The minimum Gasteiger partial charge on any atom is -0.481 e. The summed E-state index contributed by atoms with van der Waals surface area (Å²) in [6.07, 6.45) is 0.630. The predicted molar refractivity (Wildman–Crippen MR) is 76.7 cm³/mol. The molecular weight excluding hydrogens is 256 g/mol. The number of rotatable bonds is 5. The van der Waals surface area contributed by atoms with E-state index in [0.29, 0.717) is 13.0 Å². The van der Waals surface area contributed by atoms with E-state index < -0.39 is 5.97 Å². The first-order chi connectivity index (χ1) is 9.52. The molecule has 108 valence electrons. The number of anilines is 1. The monoisotopic (exact) mass is 276 g/mol. The van der Waals surface area contributed by atoms with Crippen molar-refractivity contribution in [2.45, 2.75) is 38.8 Å². The van der Waals surface area contributed by atoms with Gasteiger partial charge in [0.25, 0.3) is 0 Å². The van der Waals surface area contributed by atoms with Gasteiger partial charge in [-0.1, -0.05) is 18.2 Å². The van der Waals surface area contributed by atoms with Crippen LogP contribution in [0.15, 0.2) is 24.3 Å². The van der Waals surface area contributed by atoms with Gasteiger partial charge in [-0.2, -0.15) is 0 Å². The van der Waals surface area contributed by atoms with Crippen molar-refractivity contribution in [2.24, 2.45) is 0 Å². The molecule has 0 radical (unpaired) electrons. The Morgan fingerprint density at radius 3 is 2.75 bits per heavy atom. The molecule has 2 N–H and O–H groups in total. The minimum atomic E-state index is -0.883. The van der Waals surface area contributed by atoms with E-state index in [0.717, 1.165) is 11.3 Å². The molecule has 2 atom stereocenters. The molecule has 5 heteroatoms. The number of fused-ring (bicyclic) bond motifs is 1. The van der Waals surface area contributed by atoms with Gasteiger partial charge in [0, 0.05) is 24.7 Å². The van der Waals surface area contributed by atoms with Gasteiger partial charge in [0.2, 0.25) is 5.91 Å². The molecule has 2 rings (SSSR count). The molecule has 0 bridgehead atoms. The fraction of sp³-hybridized carbons (Fsp3) is 0.467. The Hall–Kier alpha value is -2.04. The summed E-state index contributed by atoms with van der Waals surface area (Å²) in [6, 6.07) is 7.27. The maximum atomic E-state index is 12.5. The second-order valence-corrected chi connectivity index (χ2v) is 5.13. The molecule has 1 amide bonds. The molecule has 0 aromatic heterocycles. The first-order valence-electron chi connectivity index (χ1n) is 6.89. The summed E-state index contributed by atoms with van der Waals surface area (Å²) in [5.74, 6) is -0.913. The van der Waals surface area contributed by atoms with E-state index in [1.807, 2.05) is 31.2 Å². The average molecular weight is 276 g/mol. The summed E-state index contributed by atoms with van der Waals surface area (Å²) < 4.78 is 0. The Morgan fingerprint density at radius 1 is 1.45 bits per heavy atom. The zero-order valence-corrected chi connectivity index (χ0v) is 11.8. The number of likely N-dealkylation sites (N-methyl/N-ethyl adjacent to an activating group) is 1. The van der Waals surface area contributed by atoms with Gasteiger partial charge < -0.3 is 15.3 Å². The molecule has 0 aliphatic carbocycles. The lowest BCUT2D eigenvalue weighted by atomic mass is 10.1. The van der Waals surface area contributed by atoms with E-state index in [2.05, 4.69) is 5.32 Å². The standard InChI is InChI=1S/C15H20N2O3/c1-3-17(10(2)8-14(18)19)15(20)13-9-11-6-4-5-7-12(11)16-13/h4-7,10,13,16H,3,8-9H2,1-2H3,(H,18,19)/t10?,13-/m0/s1. The van der Waals surface area contributed by atoms with Crippen LogP contribution in [-0.2, 0) is 16.0 Å². The van der Waals surface area contributed by atoms with E-state index in [4.69, 9.17) is 5.11 Å². The second-order valence-electron chi connectivity index (χ2n) is 5.13. The first kappa shape index (κ1) is 14.4. The highest BCUT2D eigenvalue weighted by Crippen LogP contribution is 2.26. The van der Waals surface area contributed by atoms with Crippen molar-refractivity contribution in [3.63, 3.8) is 0 Å². The largest absolute Gasteiger partial charge is 0.481 e. The van der Waals surface area contributed by atoms with Crippen LogP contribution in [0.3, 0.4) is 0 Å². The Morgan fingerprint density at radius 2 is 2.15 bits per heavy atom. The quantitative estimate of drug-likeness (QED) is 0.859. The molecular formula is C15H20N2O3. The number of amides is 1. The van der Waals surface area contributed by atoms with Crippen LogP contribution in [-0.4, -0.2) is 40.5 Å². The van der Waals surface area contributed by atoms with Crippen LogP contribution in [0.1, 0.15) is 25.8 Å². The van der Waals surface area contributed by atoms with Crippen LogP contribution in [0, 0.1) is 0 Å². The van der Waals surface area contributed by atoms with Crippen molar-refractivity contribution in [2.75, 3.05) is 11.9 Å². The number of carboxylic acid groups (broad SMARTS) is 1. The van der Waals surface area contributed by atoms with Gasteiger partial charge in [-0.05, 0) is 25.5 Å². The fourth-order valence-corrected chi connectivity index (χ4v) is 2.69. The van der Waals surface area contributed by atoms with Crippen molar-refractivity contribution >= 4 is 17.6 Å². The van der Waals surface area contributed by atoms with E-state index in [1.165, 1.54) is 0 Å². The SMILES string of the molecule is CCN(C(=O)[C@@H]1Cc2ccccc2N1)C(C)CC(=O)O. The van der Waals surface area contributed by atoms with Gasteiger partial charge in [-0.25, -0.2) is 0 Å². The van der Waals surface area contributed by atoms with Gasteiger partial charge in [0.05, 0.1) is 6.42 Å². The van der Waals surface area contributed by atoms with Gasteiger partial charge >= 0.3 is 5.97 Å².